The molecule has 3 rings (SSSR count). The van der Waals surface area contributed by atoms with E-state index in [0.717, 1.165) is 28.2 Å². The van der Waals surface area contributed by atoms with Gasteiger partial charge < -0.3 is 5.32 Å². The Labute approximate surface area is 127 Å². The maximum absolute atomic E-state index is 13.5. The van der Waals surface area contributed by atoms with Gasteiger partial charge in [-0.15, -0.1) is 11.8 Å². The second kappa shape index (κ2) is 6.12. The average molecular weight is 306 g/mol. The third kappa shape index (κ3) is 3.24. The lowest BCUT2D eigenvalue weighted by Crippen LogP contribution is -2.27. The Morgan fingerprint density at radius 3 is 2.90 bits per heavy atom. The van der Waals surface area contributed by atoms with Gasteiger partial charge in [-0.25, -0.2) is 8.78 Å². The van der Waals surface area contributed by atoms with Crippen molar-refractivity contribution in [3.63, 3.8) is 0 Å². The third-order valence-electron chi connectivity index (χ3n) is 3.69. The number of halogens is 2. The Kier molecular flexibility index (Phi) is 4.22. The number of pyridine rings is 1. The fraction of sp³-hybridized carbons (Fsp3) is 0.312. The average Bonchev–Trinajstić information content (AvgIpc) is 2.48. The maximum Gasteiger partial charge on any atom is 0.141 e. The van der Waals surface area contributed by atoms with E-state index in [-0.39, 0.29) is 23.7 Å². The lowest BCUT2D eigenvalue weighted by atomic mass is 10.0. The molecule has 110 valence electrons. The number of thioether (sulfide) groups is 1. The zero-order chi connectivity index (χ0) is 14.8. The molecule has 1 aliphatic heterocycles. The summed E-state index contributed by atoms with van der Waals surface area (Å²) in [5.41, 5.74) is 1.79. The number of nitrogens with one attached hydrogen (secondary N) is 1. The molecule has 21 heavy (non-hydrogen) atoms. The molecule has 2 atom stereocenters. The minimum absolute atomic E-state index is 0.0441. The molecule has 1 aromatic carbocycles. The van der Waals surface area contributed by atoms with Crippen LogP contribution in [0.1, 0.15) is 36.6 Å². The van der Waals surface area contributed by atoms with Gasteiger partial charge in [-0.1, -0.05) is 0 Å². The minimum atomic E-state index is -0.341. The largest absolute Gasteiger partial charge is 0.303 e. The van der Waals surface area contributed by atoms with Crippen LogP contribution in [0.2, 0.25) is 0 Å². The highest BCUT2D eigenvalue weighted by molar-refractivity contribution is 7.99. The number of fused-ring (bicyclic) bond motifs is 1. The van der Waals surface area contributed by atoms with E-state index < -0.39 is 0 Å². The van der Waals surface area contributed by atoms with Crippen molar-refractivity contribution < 1.29 is 8.78 Å². The summed E-state index contributed by atoms with van der Waals surface area (Å²) >= 11 is 1.75. The highest BCUT2D eigenvalue weighted by atomic mass is 32.2. The van der Waals surface area contributed by atoms with Crippen LogP contribution in [0, 0.1) is 11.6 Å². The van der Waals surface area contributed by atoms with Crippen LogP contribution < -0.4 is 5.32 Å². The smallest absolute Gasteiger partial charge is 0.141 e. The molecule has 1 aromatic heterocycles. The summed E-state index contributed by atoms with van der Waals surface area (Å²) in [5, 5.41) is 3.46. The predicted molar refractivity (Wildman–Crippen MR) is 80.2 cm³/mol. The molecule has 2 aromatic rings. The van der Waals surface area contributed by atoms with Gasteiger partial charge in [0.1, 0.15) is 11.6 Å². The van der Waals surface area contributed by atoms with Gasteiger partial charge in [0, 0.05) is 23.2 Å². The Hall–Kier alpha value is -1.46. The zero-order valence-corrected chi connectivity index (χ0v) is 12.5. The van der Waals surface area contributed by atoms with Crippen LogP contribution in [-0.4, -0.2) is 10.7 Å². The van der Waals surface area contributed by atoms with Crippen molar-refractivity contribution in [2.24, 2.45) is 0 Å². The van der Waals surface area contributed by atoms with E-state index in [1.165, 1.54) is 18.3 Å². The first-order valence-electron chi connectivity index (χ1n) is 6.92. The van der Waals surface area contributed by atoms with Crippen molar-refractivity contribution in [3.8, 4) is 0 Å². The molecule has 0 aliphatic carbocycles. The van der Waals surface area contributed by atoms with Crippen LogP contribution in [0.25, 0.3) is 0 Å². The molecule has 1 aliphatic rings. The monoisotopic (exact) mass is 306 g/mol. The quantitative estimate of drug-likeness (QED) is 0.917. The van der Waals surface area contributed by atoms with E-state index in [1.54, 1.807) is 24.0 Å². The van der Waals surface area contributed by atoms with Crippen molar-refractivity contribution in [2.45, 2.75) is 30.3 Å². The molecule has 1 N–H and O–H groups in total. The molecule has 5 heteroatoms. The third-order valence-corrected chi connectivity index (χ3v) is 4.81. The number of benzene rings is 1. The van der Waals surface area contributed by atoms with Crippen molar-refractivity contribution in [1.82, 2.24) is 10.3 Å². The van der Waals surface area contributed by atoms with Gasteiger partial charge in [0.05, 0.1) is 6.20 Å². The van der Waals surface area contributed by atoms with Crippen LogP contribution in [-0.2, 0) is 0 Å². The van der Waals surface area contributed by atoms with Crippen molar-refractivity contribution in [2.75, 3.05) is 5.75 Å². The van der Waals surface area contributed by atoms with E-state index in [1.807, 2.05) is 13.0 Å². The van der Waals surface area contributed by atoms with Crippen LogP contribution in [0.3, 0.4) is 0 Å². The van der Waals surface area contributed by atoms with Gasteiger partial charge in [0.25, 0.3) is 0 Å². The second-order valence-corrected chi connectivity index (χ2v) is 6.33. The van der Waals surface area contributed by atoms with Crippen molar-refractivity contribution in [1.29, 1.82) is 0 Å². The lowest BCUT2D eigenvalue weighted by Gasteiger charge is -2.29. The molecule has 2 heterocycles. The molecular weight excluding hydrogens is 290 g/mol. The SMILES string of the molecule is CC(NC1CCSc2ccc(F)cc21)c1cncc(F)c1. The highest BCUT2D eigenvalue weighted by Gasteiger charge is 2.23. The Bertz CT molecular complexity index is 648. The first-order valence-corrected chi connectivity index (χ1v) is 7.91. The summed E-state index contributed by atoms with van der Waals surface area (Å²) in [6.45, 7) is 1.97. The molecule has 0 bridgehead atoms. The Morgan fingerprint density at radius 2 is 2.10 bits per heavy atom. The molecule has 0 saturated heterocycles. The summed E-state index contributed by atoms with van der Waals surface area (Å²) in [7, 11) is 0. The van der Waals surface area contributed by atoms with Gasteiger partial charge in [0.2, 0.25) is 0 Å². The first kappa shape index (κ1) is 14.5. The summed E-state index contributed by atoms with van der Waals surface area (Å²) in [4.78, 5) is 4.99. The fourth-order valence-electron chi connectivity index (χ4n) is 2.60. The summed E-state index contributed by atoms with van der Waals surface area (Å²) in [6, 6.07) is 6.43. The molecular formula is C16H16F2N2S. The number of hydrogen-bond acceptors (Lipinski definition) is 3. The molecule has 0 fully saturated rings. The van der Waals surface area contributed by atoms with Crippen LogP contribution in [0.4, 0.5) is 8.78 Å². The van der Waals surface area contributed by atoms with E-state index in [4.69, 9.17) is 0 Å². The normalized spacial score (nSPS) is 19.1. The number of hydrogen-bond donors (Lipinski definition) is 1. The van der Waals surface area contributed by atoms with Gasteiger partial charge in [-0.2, -0.15) is 0 Å². The summed E-state index contributed by atoms with van der Waals surface area (Å²) < 4.78 is 26.7. The zero-order valence-electron chi connectivity index (χ0n) is 11.6. The number of aromatic nitrogens is 1. The lowest BCUT2D eigenvalue weighted by molar-refractivity contribution is 0.445. The molecule has 0 saturated carbocycles. The fourth-order valence-corrected chi connectivity index (χ4v) is 3.71. The molecule has 0 amide bonds. The predicted octanol–water partition coefficient (Wildman–Crippen LogP) is 4.25. The Balaban J connectivity index is 1.81. The van der Waals surface area contributed by atoms with E-state index in [9.17, 15) is 8.78 Å². The maximum atomic E-state index is 13.5. The van der Waals surface area contributed by atoms with E-state index in [2.05, 4.69) is 10.3 Å². The molecule has 2 nitrogen and oxygen atoms in total. The van der Waals surface area contributed by atoms with Gasteiger partial charge in [0.15, 0.2) is 0 Å². The highest BCUT2D eigenvalue weighted by Crippen LogP contribution is 2.37. The molecule has 0 radical (unpaired) electrons. The van der Waals surface area contributed by atoms with Gasteiger partial charge >= 0.3 is 0 Å². The molecule has 2 unspecified atom stereocenters. The minimum Gasteiger partial charge on any atom is -0.303 e. The van der Waals surface area contributed by atoms with Crippen LogP contribution in [0.5, 0.6) is 0 Å². The summed E-state index contributed by atoms with van der Waals surface area (Å²) in [5.74, 6) is 0.430. The number of rotatable bonds is 3. The standard InChI is InChI=1S/C16H16F2N2S/c1-10(11-6-13(18)9-19-8-11)20-15-4-5-21-16-3-2-12(17)7-14(15)16/h2-3,6-10,15,20H,4-5H2,1H3. The number of nitrogens with zero attached hydrogens (tertiary/aromatic N) is 1. The topological polar surface area (TPSA) is 24.9 Å². The Morgan fingerprint density at radius 1 is 1.24 bits per heavy atom. The second-order valence-electron chi connectivity index (χ2n) is 5.20. The van der Waals surface area contributed by atoms with Crippen LogP contribution >= 0.6 is 11.8 Å². The van der Waals surface area contributed by atoms with E-state index >= 15 is 0 Å². The molecule has 0 spiro atoms. The van der Waals surface area contributed by atoms with Gasteiger partial charge in [-0.3, -0.25) is 4.98 Å². The van der Waals surface area contributed by atoms with E-state index in [0.29, 0.717) is 0 Å². The van der Waals surface area contributed by atoms with Crippen LogP contribution in [0.15, 0.2) is 41.6 Å². The van der Waals surface area contributed by atoms with Crippen molar-refractivity contribution >= 4 is 11.8 Å². The summed E-state index contributed by atoms with van der Waals surface area (Å²) in [6.07, 6.45) is 3.77. The first-order chi connectivity index (χ1) is 10.1. The van der Waals surface area contributed by atoms with Crippen molar-refractivity contribution in [3.05, 3.63) is 59.4 Å². The van der Waals surface area contributed by atoms with Gasteiger partial charge in [-0.05, 0) is 54.5 Å².